The molecular formula is C28H31ClFN3O4S. The van der Waals surface area contributed by atoms with E-state index in [-0.39, 0.29) is 23.0 Å². The smallest absolute Gasteiger partial charge is 0.264 e. The Morgan fingerprint density at radius 2 is 1.66 bits per heavy atom. The van der Waals surface area contributed by atoms with Crippen molar-refractivity contribution in [2.24, 2.45) is 0 Å². The van der Waals surface area contributed by atoms with E-state index in [0.717, 1.165) is 4.31 Å². The first-order valence-electron chi connectivity index (χ1n) is 12.2. The van der Waals surface area contributed by atoms with Crippen molar-refractivity contribution in [3.8, 4) is 0 Å². The van der Waals surface area contributed by atoms with Gasteiger partial charge in [0.05, 0.1) is 10.6 Å². The highest BCUT2D eigenvalue weighted by Gasteiger charge is 2.34. The molecule has 0 bridgehead atoms. The number of hydrogen-bond acceptors (Lipinski definition) is 4. The molecule has 38 heavy (non-hydrogen) atoms. The first-order valence-corrected chi connectivity index (χ1v) is 14.1. The Hall–Kier alpha value is -3.43. The van der Waals surface area contributed by atoms with Gasteiger partial charge in [-0.25, -0.2) is 12.8 Å². The van der Waals surface area contributed by atoms with Crippen LogP contribution in [0.1, 0.15) is 31.4 Å². The Morgan fingerprint density at radius 1 is 1.00 bits per heavy atom. The van der Waals surface area contributed by atoms with Gasteiger partial charge in [0.2, 0.25) is 11.8 Å². The summed E-state index contributed by atoms with van der Waals surface area (Å²) in [6.45, 7) is 5.04. The van der Waals surface area contributed by atoms with Crippen molar-refractivity contribution < 1.29 is 22.4 Å². The van der Waals surface area contributed by atoms with Crippen LogP contribution >= 0.6 is 11.6 Å². The van der Waals surface area contributed by atoms with Crippen LogP contribution in [-0.2, 0) is 26.2 Å². The van der Waals surface area contributed by atoms with Crippen LogP contribution in [0.15, 0.2) is 77.7 Å². The molecule has 3 rings (SSSR count). The second-order valence-corrected chi connectivity index (χ2v) is 11.0. The molecule has 0 aliphatic carbocycles. The molecule has 7 nitrogen and oxygen atoms in total. The molecule has 0 heterocycles. The highest BCUT2D eigenvalue weighted by molar-refractivity contribution is 7.92. The molecule has 1 atom stereocenters. The third kappa shape index (κ3) is 6.90. The predicted octanol–water partition coefficient (Wildman–Crippen LogP) is 4.93. The Morgan fingerprint density at radius 3 is 2.26 bits per heavy atom. The maximum atomic E-state index is 13.9. The van der Waals surface area contributed by atoms with E-state index in [1.807, 2.05) is 0 Å². The summed E-state index contributed by atoms with van der Waals surface area (Å²) in [4.78, 5) is 28.2. The molecule has 3 aromatic rings. The molecular weight excluding hydrogens is 529 g/mol. The van der Waals surface area contributed by atoms with Crippen molar-refractivity contribution >= 4 is 39.1 Å². The maximum absolute atomic E-state index is 13.9. The molecule has 0 saturated heterocycles. The van der Waals surface area contributed by atoms with Gasteiger partial charge in [-0.1, -0.05) is 54.9 Å². The zero-order valence-corrected chi connectivity index (χ0v) is 23.1. The fraction of sp³-hybridized carbons (Fsp3) is 0.286. The summed E-state index contributed by atoms with van der Waals surface area (Å²) in [6.07, 6.45) is 0.292. The van der Waals surface area contributed by atoms with E-state index in [9.17, 15) is 22.4 Å². The van der Waals surface area contributed by atoms with Crippen molar-refractivity contribution in [1.29, 1.82) is 0 Å². The van der Waals surface area contributed by atoms with Crippen LogP contribution < -0.4 is 9.62 Å². The lowest BCUT2D eigenvalue weighted by Crippen LogP contribution is -2.52. The summed E-state index contributed by atoms with van der Waals surface area (Å²) in [5.41, 5.74) is 1.45. The van der Waals surface area contributed by atoms with Gasteiger partial charge >= 0.3 is 0 Å². The fourth-order valence-electron chi connectivity index (χ4n) is 4.08. The molecule has 3 aromatic carbocycles. The molecule has 0 radical (unpaired) electrons. The second kappa shape index (κ2) is 12.9. The average Bonchev–Trinajstić information content (AvgIpc) is 2.90. The number of aryl methyl sites for hydroxylation is 1. The molecule has 0 aliphatic heterocycles. The second-order valence-electron chi connectivity index (χ2n) is 8.72. The standard InChI is InChI=1S/C28H31ClFN3O4S/c1-4-25(28(35)31-5-2)32(18-21-12-15-23(30)16-13-21)27(34)19-33(26-17-22(29)14-11-20(26)3)38(36,37)24-9-7-6-8-10-24/h6-17,25H,4-5,18-19H2,1-3H3,(H,31,35). The first kappa shape index (κ1) is 29.1. The van der Waals surface area contributed by atoms with E-state index in [4.69, 9.17) is 11.6 Å². The van der Waals surface area contributed by atoms with E-state index < -0.39 is 34.3 Å². The number of rotatable bonds is 11. The minimum absolute atomic E-state index is 0.00743. The van der Waals surface area contributed by atoms with Gasteiger partial charge in [-0.2, -0.15) is 0 Å². The van der Waals surface area contributed by atoms with Gasteiger partial charge in [0.1, 0.15) is 18.4 Å². The zero-order chi connectivity index (χ0) is 27.9. The van der Waals surface area contributed by atoms with E-state index in [1.54, 1.807) is 51.1 Å². The van der Waals surface area contributed by atoms with E-state index in [0.29, 0.717) is 29.1 Å². The first-order chi connectivity index (χ1) is 18.1. The number of benzene rings is 3. The van der Waals surface area contributed by atoms with Crippen LogP contribution in [-0.4, -0.2) is 44.3 Å². The van der Waals surface area contributed by atoms with Crippen LogP contribution in [0.4, 0.5) is 10.1 Å². The number of nitrogens with zero attached hydrogens (tertiary/aromatic N) is 2. The highest BCUT2D eigenvalue weighted by atomic mass is 35.5. The van der Waals surface area contributed by atoms with E-state index in [2.05, 4.69) is 5.32 Å². The number of halogens is 2. The quantitative estimate of drug-likeness (QED) is 0.361. The summed E-state index contributed by atoms with van der Waals surface area (Å²) in [7, 11) is -4.19. The van der Waals surface area contributed by atoms with Crippen molar-refractivity contribution in [3.63, 3.8) is 0 Å². The Balaban J connectivity index is 2.08. The molecule has 0 spiro atoms. The highest BCUT2D eigenvalue weighted by Crippen LogP contribution is 2.30. The van der Waals surface area contributed by atoms with Gasteiger partial charge in [-0.15, -0.1) is 0 Å². The van der Waals surface area contributed by atoms with Gasteiger partial charge in [0.25, 0.3) is 10.0 Å². The number of likely N-dealkylation sites (N-methyl/N-ethyl adjacent to an activating group) is 1. The summed E-state index contributed by atoms with van der Waals surface area (Å²) in [6, 6.07) is 17.3. The monoisotopic (exact) mass is 559 g/mol. The zero-order valence-electron chi connectivity index (χ0n) is 21.5. The van der Waals surface area contributed by atoms with Crippen LogP contribution in [0.2, 0.25) is 5.02 Å². The normalized spacial score (nSPS) is 12.0. The number of anilines is 1. The maximum Gasteiger partial charge on any atom is 0.264 e. The predicted molar refractivity (Wildman–Crippen MR) is 147 cm³/mol. The largest absolute Gasteiger partial charge is 0.355 e. The molecule has 0 fully saturated rings. The topological polar surface area (TPSA) is 86.8 Å². The third-order valence-corrected chi connectivity index (χ3v) is 8.06. The minimum atomic E-state index is -4.19. The van der Waals surface area contributed by atoms with E-state index in [1.165, 1.54) is 47.4 Å². The molecule has 0 aromatic heterocycles. The SMILES string of the molecule is CCNC(=O)C(CC)N(Cc1ccc(F)cc1)C(=O)CN(c1cc(Cl)ccc1C)S(=O)(=O)c1ccccc1. The van der Waals surface area contributed by atoms with Crippen LogP contribution in [0.5, 0.6) is 0 Å². The number of nitrogens with one attached hydrogen (secondary N) is 1. The van der Waals surface area contributed by atoms with Gasteiger partial charge in [-0.3, -0.25) is 13.9 Å². The minimum Gasteiger partial charge on any atom is -0.355 e. The lowest BCUT2D eigenvalue weighted by molar-refractivity contribution is -0.140. The lowest BCUT2D eigenvalue weighted by atomic mass is 10.1. The Labute approximate surface area is 228 Å². The van der Waals surface area contributed by atoms with Crippen molar-refractivity contribution in [2.75, 3.05) is 17.4 Å². The van der Waals surface area contributed by atoms with Crippen molar-refractivity contribution in [1.82, 2.24) is 10.2 Å². The Kier molecular flexibility index (Phi) is 9.88. The van der Waals surface area contributed by atoms with Crippen molar-refractivity contribution in [3.05, 3.63) is 94.8 Å². The van der Waals surface area contributed by atoms with Crippen LogP contribution in [0, 0.1) is 12.7 Å². The summed E-state index contributed by atoms with van der Waals surface area (Å²) in [5, 5.41) is 3.05. The van der Waals surface area contributed by atoms with Gasteiger partial charge in [0, 0.05) is 18.1 Å². The fourth-order valence-corrected chi connectivity index (χ4v) is 5.74. The Bertz CT molecular complexity index is 1370. The molecule has 10 heteroatoms. The van der Waals surface area contributed by atoms with Crippen molar-refractivity contribution in [2.45, 2.75) is 44.7 Å². The molecule has 1 N–H and O–H groups in total. The number of carbonyl (C=O) groups is 2. The lowest BCUT2D eigenvalue weighted by Gasteiger charge is -2.33. The number of sulfonamides is 1. The number of hydrogen-bond donors (Lipinski definition) is 1. The molecule has 1 unspecified atom stereocenters. The van der Waals surface area contributed by atoms with E-state index >= 15 is 0 Å². The summed E-state index contributed by atoms with van der Waals surface area (Å²) in [5.74, 6) is -1.38. The number of carbonyl (C=O) groups excluding carboxylic acids is 2. The third-order valence-electron chi connectivity index (χ3n) is 6.05. The number of amides is 2. The summed E-state index contributed by atoms with van der Waals surface area (Å²) >= 11 is 6.23. The van der Waals surface area contributed by atoms with Crippen LogP contribution in [0.25, 0.3) is 0 Å². The molecule has 0 saturated carbocycles. The van der Waals surface area contributed by atoms with Gasteiger partial charge in [-0.05, 0) is 67.8 Å². The van der Waals surface area contributed by atoms with Gasteiger partial charge in [0.15, 0.2) is 0 Å². The van der Waals surface area contributed by atoms with Crippen LogP contribution in [0.3, 0.4) is 0 Å². The molecule has 202 valence electrons. The summed E-state index contributed by atoms with van der Waals surface area (Å²) < 4.78 is 42.2. The molecule has 0 aliphatic rings. The molecule has 2 amide bonds. The van der Waals surface area contributed by atoms with Gasteiger partial charge < -0.3 is 10.2 Å². The average molecular weight is 560 g/mol.